The molecule has 0 aliphatic rings. The van der Waals surface area contributed by atoms with E-state index in [0.717, 1.165) is 24.3 Å². The van der Waals surface area contributed by atoms with E-state index in [1.165, 1.54) is 0 Å². The van der Waals surface area contributed by atoms with E-state index < -0.39 is 24.4 Å². The average Bonchev–Trinajstić information content (AvgIpc) is 2.18. The summed E-state index contributed by atoms with van der Waals surface area (Å²) in [5.41, 5.74) is -0.0511. The molecule has 0 spiro atoms. The monoisotopic (exact) mass is 255 g/mol. The number of alkyl halides is 5. The van der Waals surface area contributed by atoms with Gasteiger partial charge in [0.1, 0.15) is 5.75 Å². The van der Waals surface area contributed by atoms with Gasteiger partial charge in [-0.15, -0.1) is 13.2 Å². The number of halogens is 5. The maximum atomic E-state index is 11.8. The Balaban J connectivity index is 2.65. The highest BCUT2D eigenvalue weighted by molar-refractivity contribution is 5.93. The third-order valence-electron chi connectivity index (χ3n) is 1.55. The quantitative estimate of drug-likeness (QED) is 0.843. The van der Waals surface area contributed by atoms with Crippen molar-refractivity contribution in [3.8, 4) is 5.75 Å². The molecule has 0 atom stereocenters. The zero-order chi connectivity index (χ0) is 13.1. The first-order valence-electron chi connectivity index (χ1n) is 4.23. The highest BCUT2D eigenvalue weighted by Gasteiger charge is 2.30. The smallest absolute Gasteiger partial charge is 0.406 e. The van der Waals surface area contributed by atoms with Gasteiger partial charge < -0.3 is 10.1 Å². The van der Waals surface area contributed by atoms with Crippen LogP contribution in [0.1, 0.15) is 0 Å². The number of benzene rings is 1. The second kappa shape index (κ2) is 4.98. The molecule has 8 heteroatoms. The Morgan fingerprint density at radius 3 is 2.12 bits per heavy atom. The van der Waals surface area contributed by atoms with Crippen molar-refractivity contribution < 1.29 is 31.5 Å². The standard InChI is InChI=1S/C9H6F5NO2/c10-7(11)8(16)15-5-1-3-6(4-2-5)17-9(12,13)14/h1-4,7H,(H,15,16). The maximum absolute atomic E-state index is 11.8. The molecule has 0 bridgehead atoms. The molecule has 0 saturated heterocycles. The van der Waals surface area contributed by atoms with Crippen LogP contribution in [0.2, 0.25) is 0 Å². The molecule has 0 heterocycles. The Labute approximate surface area is 92.2 Å². The first kappa shape index (κ1) is 13.2. The second-order valence-electron chi connectivity index (χ2n) is 2.86. The number of carbonyl (C=O) groups is 1. The van der Waals surface area contributed by atoms with Crippen molar-refractivity contribution in [3.63, 3.8) is 0 Å². The number of carbonyl (C=O) groups excluding carboxylic acids is 1. The summed E-state index contributed by atoms with van der Waals surface area (Å²) in [4.78, 5) is 10.6. The molecule has 1 aromatic rings. The van der Waals surface area contributed by atoms with Crippen LogP contribution in [0.4, 0.5) is 27.6 Å². The van der Waals surface area contributed by atoms with E-state index in [4.69, 9.17) is 0 Å². The van der Waals surface area contributed by atoms with E-state index in [1.54, 1.807) is 5.32 Å². The van der Waals surface area contributed by atoms with Crippen LogP contribution in [0, 0.1) is 0 Å². The molecule has 0 saturated carbocycles. The molecule has 0 aromatic heterocycles. The van der Waals surface area contributed by atoms with E-state index >= 15 is 0 Å². The van der Waals surface area contributed by atoms with Crippen molar-refractivity contribution in [3.05, 3.63) is 24.3 Å². The van der Waals surface area contributed by atoms with E-state index in [0.29, 0.717) is 0 Å². The molecule has 0 aliphatic carbocycles. The fourth-order valence-electron chi connectivity index (χ4n) is 0.937. The Morgan fingerprint density at radius 2 is 1.71 bits per heavy atom. The number of anilines is 1. The van der Waals surface area contributed by atoms with E-state index in [2.05, 4.69) is 4.74 Å². The SMILES string of the molecule is O=C(Nc1ccc(OC(F)(F)F)cc1)C(F)F. The van der Waals surface area contributed by atoms with E-state index in [1.807, 2.05) is 0 Å². The minimum absolute atomic E-state index is 0.0511. The molecule has 1 amide bonds. The number of nitrogens with one attached hydrogen (secondary N) is 1. The van der Waals surface area contributed by atoms with Gasteiger partial charge in [-0.05, 0) is 24.3 Å². The van der Waals surface area contributed by atoms with Gasteiger partial charge in [0, 0.05) is 5.69 Å². The zero-order valence-electron chi connectivity index (χ0n) is 8.09. The molecule has 1 N–H and O–H groups in total. The van der Waals surface area contributed by atoms with E-state index in [-0.39, 0.29) is 5.69 Å². The maximum Gasteiger partial charge on any atom is 0.573 e. The lowest BCUT2D eigenvalue weighted by atomic mass is 10.3. The van der Waals surface area contributed by atoms with Gasteiger partial charge in [-0.2, -0.15) is 8.78 Å². The lowest BCUT2D eigenvalue weighted by Crippen LogP contribution is -2.20. The lowest BCUT2D eigenvalue weighted by Gasteiger charge is -2.09. The van der Waals surface area contributed by atoms with Crippen LogP contribution in [-0.2, 0) is 4.79 Å². The fraction of sp³-hybridized carbons (Fsp3) is 0.222. The number of amides is 1. The minimum atomic E-state index is -4.83. The molecule has 0 aliphatic heterocycles. The molecule has 1 aromatic carbocycles. The number of rotatable bonds is 3. The van der Waals surface area contributed by atoms with Crippen molar-refractivity contribution in [1.29, 1.82) is 0 Å². The van der Waals surface area contributed by atoms with Gasteiger partial charge in [-0.1, -0.05) is 0 Å². The predicted molar refractivity (Wildman–Crippen MR) is 47.8 cm³/mol. The molecule has 0 unspecified atom stereocenters. The van der Waals surface area contributed by atoms with Crippen LogP contribution in [-0.4, -0.2) is 18.7 Å². The van der Waals surface area contributed by atoms with Gasteiger partial charge in [0.15, 0.2) is 0 Å². The normalized spacial score (nSPS) is 11.4. The lowest BCUT2D eigenvalue weighted by molar-refractivity contribution is -0.274. The first-order valence-corrected chi connectivity index (χ1v) is 4.23. The second-order valence-corrected chi connectivity index (χ2v) is 2.86. The van der Waals surface area contributed by atoms with Crippen molar-refractivity contribution in [2.24, 2.45) is 0 Å². The summed E-state index contributed by atoms with van der Waals surface area (Å²) in [6.45, 7) is 0. The summed E-state index contributed by atoms with van der Waals surface area (Å²) in [6.07, 6.45) is -8.02. The average molecular weight is 255 g/mol. The predicted octanol–water partition coefficient (Wildman–Crippen LogP) is 2.79. The van der Waals surface area contributed by atoms with Crippen LogP contribution >= 0.6 is 0 Å². The van der Waals surface area contributed by atoms with Crippen LogP contribution in [0.15, 0.2) is 24.3 Å². The van der Waals surface area contributed by atoms with Gasteiger partial charge in [0.2, 0.25) is 0 Å². The molecule has 3 nitrogen and oxygen atoms in total. The largest absolute Gasteiger partial charge is 0.573 e. The highest BCUT2D eigenvalue weighted by Crippen LogP contribution is 2.23. The molecule has 17 heavy (non-hydrogen) atoms. The summed E-state index contributed by atoms with van der Waals surface area (Å²) >= 11 is 0. The van der Waals surface area contributed by atoms with Crippen molar-refractivity contribution in [1.82, 2.24) is 0 Å². The molecule has 0 fully saturated rings. The van der Waals surface area contributed by atoms with E-state index in [9.17, 15) is 26.7 Å². The molecule has 94 valence electrons. The van der Waals surface area contributed by atoms with Gasteiger partial charge in [0.25, 0.3) is 5.91 Å². The Bertz CT molecular complexity index is 387. The van der Waals surface area contributed by atoms with Crippen molar-refractivity contribution >= 4 is 11.6 Å². The summed E-state index contributed by atoms with van der Waals surface area (Å²) in [5, 5.41) is 1.81. The minimum Gasteiger partial charge on any atom is -0.406 e. The van der Waals surface area contributed by atoms with Crippen molar-refractivity contribution in [2.75, 3.05) is 5.32 Å². The third kappa shape index (κ3) is 4.66. The van der Waals surface area contributed by atoms with Crippen LogP contribution in [0.25, 0.3) is 0 Å². The van der Waals surface area contributed by atoms with Crippen LogP contribution in [0.5, 0.6) is 5.75 Å². The highest BCUT2D eigenvalue weighted by atomic mass is 19.4. The third-order valence-corrected chi connectivity index (χ3v) is 1.55. The van der Waals surface area contributed by atoms with Gasteiger partial charge in [0.05, 0.1) is 0 Å². The van der Waals surface area contributed by atoms with Crippen LogP contribution < -0.4 is 10.1 Å². The zero-order valence-corrected chi connectivity index (χ0v) is 8.09. The van der Waals surface area contributed by atoms with Gasteiger partial charge >= 0.3 is 12.8 Å². The Morgan fingerprint density at radius 1 is 1.18 bits per heavy atom. The molecular formula is C9H6F5NO2. The molecule has 0 radical (unpaired) electrons. The van der Waals surface area contributed by atoms with Gasteiger partial charge in [-0.3, -0.25) is 4.79 Å². The number of hydrogen-bond acceptors (Lipinski definition) is 2. The molecular weight excluding hydrogens is 249 g/mol. The number of hydrogen-bond donors (Lipinski definition) is 1. The van der Waals surface area contributed by atoms with Gasteiger partial charge in [-0.25, -0.2) is 0 Å². The summed E-state index contributed by atoms with van der Waals surface area (Å²) < 4.78 is 62.5. The summed E-state index contributed by atoms with van der Waals surface area (Å²) in [7, 11) is 0. The Hall–Kier alpha value is -1.86. The summed E-state index contributed by atoms with van der Waals surface area (Å²) in [5.74, 6) is -2.04. The Kier molecular flexibility index (Phi) is 3.87. The molecule has 1 rings (SSSR count). The van der Waals surface area contributed by atoms with Crippen LogP contribution in [0.3, 0.4) is 0 Å². The summed E-state index contributed by atoms with van der Waals surface area (Å²) in [6, 6.07) is 3.83. The topological polar surface area (TPSA) is 38.3 Å². The fourth-order valence-corrected chi connectivity index (χ4v) is 0.937. The number of ether oxygens (including phenoxy) is 1. The first-order chi connectivity index (χ1) is 7.78. The van der Waals surface area contributed by atoms with Crippen molar-refractivity contribution in [2.45, 2.75) is 12.8 Å².